The fourth-order valence-electron chi connectivity index (χ4n) is 5.05. The Kier molecular flexibility index (Phi) is 8.21. The van der Waals surface area contributed by atoms with E-state index in [0.29, 0.717) is 6.04 Å². The summed E-state index contributed by atoms with van der Waals surface area (Å²) >= 11 is 0. The van der Waals surface area contributed by atoms with Crippen LogP contribution in [0.3, 0.4) is 0 Å². The number of piperidine rings is 1. The van der Waals surface area contributed by atoms with Crippen molar-refractivity contribution < 1.29 is 0 Å². The number of likely N-dealkylation sites (tertiary alicyclic amines) is 1. The molecule has 1 aromatic heterocycles. The predicted octanol–water partition coefficient (Wildman–Crippen LogP) is 4.78. The normalized spacial score (nSPS) is 20.1. The van der Waals surface area contributed by atoms with Crippen molar-refractivity contribution in [3.8, 4) is 0 Å². The van der Waals surface area contributed by atoms with Gasteiger partial charge in [0.05, 0.1) is 0 Å². The minimum absolute atomic E-state index is 0.401. The minimum atomic E-state index is 0.401. The van der Waals surface area contributed by atoms with Gasteiger partial charge in [-0.05, 0) is 69.8 Å². The van der Waals surface area contributed by atoms with E-state index in [1.54, 1.807) is 0 Å². The molecule has 4 rings (SSSR count). The van der Waals surface area contributed by atoms with Crippen molar-refractivity contribution in [3.05, 3.63) is 42.1 Å². The Morgan fingerprint density at radius 1 is 0.938 bits per heavy atom. The molecule has 0 bridgehead atoms. The molecule has 2 fully saturated rings. The molecule has 2 saturated heterocycles. The van der Waals surface area contributed by atoms with Crippen LogP contribution >= 0.6 is 0 Å². The molecule has 174 valence electrons. The Morgan fingerprint density at radius 3 is 2.41 bits per heavy atom. The zero-order valence-electron chi connectivity index (χ0n) is 20.0. The molecule has 32 heavy (non-hydrogen) atoms. The first kappa shape index (κ1) is 22.8. The van der Waals surface area contributed by atoms with Crippen molar-refractivity contribution in [1.29, 1.82) is 0 Å². The average molecular weight is 437 g/mol. The lowest BCUT2D eigenvalue weighted by Gasteiger charge is -2.33. The molecule has 1 aromatic carbocycles. The highest BCUT2D eigenvalue weighted by molar-refractivity contribution is 5.47. The third-order valence-electron chi connectivity index (χ3n) is 6.88. The largest absolute Gasteiger partial charge is 0.372 e. The first-order chi connectivity index (χ1) is 15.7. The van der Waals surface area contributed by atoms with Crippen LogP contribution in [0.1, 0.15) is 57.9 Å². The van der Waals surface area contributed by atoms with Gasteiger partial charge in [-0.25, -0.2) is 4.98 Å². The van der Waals surface area contributed by atoms with E-state index in [4.69, 9.17) is 4.98 Å². The number of rotatable bonds is 8. The number of hydrogen-bond donors (Lipinski definition) is 1. The Labute approximate surface area is 194 Å². The van der Waals surface area contributed by atoms with Gasteiger partial charge in [-0.2, -0.15) is 4.98 Å². The summed E-state index contributed by atoms with van der Waals surface area (Å²) in [6.45, 7) is 12.0. The zero-order chi connectivity index (χ0) is 22.2. The molecule has 2 aromatic rings. The van der Waals surface area contributed by atoms with Gasteiger partial charge in [0.25, 0.3) is 0 Å². The molecule has 0 radical (unpaired) electrons. The Hall–Kier alpha value is -2.34. The Bertz CT molecular complexity index is 811. The molecule has 1 atom stereocenters. The van der Waals surface area contributed by atoms with Gasteiger partial charge in [0.1, 0.15) is 5.82 Å². The molecular weight excluding hydrogens is 396 g/mol. The molecule has 1 N–H and O–H groups in total. The molecule has 2 aliphatic heterocycles. The molecular formula is C26H40N6. The van der Waals surface area contributed by atoms with Gasteiger partial charge < -0.3 is 15.1 Å². The highest BCUT2D eigenvalue weighted by Gasteiger charge is 2.21. The molecule has 1 unspecified atom stereocenters. The van der Waals surface area contributed by atoms with Crippen molar-refractivity contribution >= 4 is 17.5 Å². The van der Waals surface area contributed by atoms with Crippen molar-refractivity contribution in [3.63, 3.8) is 0 Å². The summed E-state index contributed by atoms with van der Waals surface area (Å²) < 4.78 is 0. The van der Waals surface area contributed by atoms with E-state index in [9.17, 15) is 0 Å². The topological polar surface area (TPSA) is 47.5 Å². The molecule has 3 heterocycles. The first-order valence-corrected chi connectivity index (χ1v) is 12.7. The second-order valence-electron chi connectivity index (χ2n) is 9.20. The third kappa shape index (κ3) is 6.12. The van der Waals surface area contributed by atoms with E-state index in [1.165, 1.54) is 49.8 Å². The summed E-state index contributed by atoms with van der Waals surface area (Å²) in [6.07, 6.45) is 9.50. The first-order valence-electron chi connectivity index (χ1n) is 12.7. The molecule has 0 spiro atoms. The lowest BCUT2D eigenvalue weighted by atomic mass is 10.0. The van der Waals surface area contributed by atoms with Crippen LogP contribution in [0.25, 0.3) is 0 Å². The Balaban J connectivity index is 1.33. The van der Waals surface area contributed by atoms with E-state index in [0.717, 1.165) is 57.6 Å². The maximum atomic E-state index is 4.86. The number of nitrogens with zero attached hydrogens (tertiary/aromatic N) is 5. The van der Waals surface area contributed by atoms with Crippen molar-refractivity contribution in [2.24, 2.45) is 0 Å². The van der Waals surface area contributed by atoms with Gasteiger partial charge in [0.15, 0.2) is 0 Å². The van der Waals surface area contributed by atoms with Crippen LogP contribution in [0.4, 0.5) is 17.5 Å². The van der Waals surface area contributed by atoms with Crippen molar-refractivity contribution in [2.45, 2.75) is 65.0 Å². The summed E-state index contributed by atoms with van der Waals surface area (Å²) in [7, 11) is 0. The van der Waals surface area contributed by atoms with Crippen LogP contribution in [-0.4, -0.2) is 60.2 Å². The average Bonchev–Trinajstić information content (AvgIpc) is 3.11. The van der Waals surface area contributed by atoms with E-state index in [1.807, 2.05) is 6.20 Å². The second kappa shape index (κ2) is 11.5. The standard InChI is InChI=1S/C26H40N6/c1-3-31(4-2)24-13-11-22(12-14-24)20-30-17-9-10-23(21-30)28-26-27-16-15-25(29-26)32-18-7-5-6-8-19-32/h11-16,23H,3-10,17-21H2,1-2H3,(H,27,28,29). The van der Waals surface area contributed by atoms with E-state index in [-0.39, 0.29) is 0 Å². The second-order valence-corrected chi connectivity index (χ2v) is 9.20. The van der Waals surface area contributed by atoms with E-state index >= 15 is 0 Å². The van der Waals surface area contributed by atoms with Crippen LogP contribution in [0, 0.1) is 0 Å². The summed E-state index contributed by atoms with van der Waals surface area (Å²) in [5.41, 5.74) is 2.71. The van der Waals surface area contributed by atoms with E-state index < -0.39 is 0 Å². The summed E-state index contributed by atoms with van der Waals surface area (Å²) in [5, 5.41) is 3.63. The number of aromatic nitrogens is 2. The lowest BCUT2D eigenvalue weighted by molar-refractivity contribution is 0.208. The number of hydrogen-bond acceptors (Lipinski definition) is 6. The van der Waals surface area contributed by atoms with Crippen LogP contribution in [0.2, 0.25) is 0 Å². The smallest absolute Gasteiger partial charge is 0.224 e. The fourth-order valence-corrected chi connectivity index (χ4v) is 5.05. The fraction of sp³-hybridized carbons (Fsp3) is 0.615. The van der Waals surface area contributed by atoms with E-state index in [2.05, 4.69) is 69.2 Å². The molecule has 0 aliphatic carbocycles. The molecule has 0 amide bonds. The van der Waals surface area contributed by atoms with Gasteiger partial charge in [-0.1, -0.05) is 25.0 Å². The van der Waals surface area contributed by atoms with Crippen LogP contribution in [-0.2, 0) is 6.54 Å². The maximum Gasteiger partial charge on any atom is 0.224 e. The molecule has 6 nitrogen and oxygen atoms in total. The molecule has 6 heteroatoms. The number of anilines is 3. The molecule has 0 saturated carbocycles. The van der Waals surface area contributed by atoms with Gasteiger partial charge in [0.2, 0.25) is 5.95 Å². The van der Waals surface area contributed by atoms with Crippen molar-refractivity contribution in [2.75, 3.05) is 54.4 Å². The van der Waals surface area contributed by atoms with Crippen LogP contribution in [0.5, 0.6) is 0 Å². The maximum absolute atomic E-state index is 4.86. The lowest BCUT2D eigenvalue weighted by Crippen LogP contribution is -2.42. The predicted molar refractivity (Wildman–Crippen MR) is 135 cm³/mol. The van der Waals surface area contributed by atoms with Gasteiger partial charge in [0, 0.05) is 57.2 Å². The van der Waals surface area contributed by atoms with Crippen molar-refractivity contribution in [1.82, 2.24) is 14.9 Å². The van der Waals surface area contributed by atoms with Gasteiger partial charge in [-0.3, -0.25) is 4.90 Å². The summed E-state index contributed by atoms with van der Waals surface area (Å²) in [5.74, 6) is 1.85. The zero-order valence-corrected chi connectivity index (χ0v) is 20.0. The van der Waals surface area contributed by atoms with Crippen LogP contribution in [0.15, 0.2) is 36.5 Å². The van der Waals surface area contributed by atoms with Gasteiger partial charge >= 0.3 is 0 Å². The highest BCUT2D eigenvalue weighted by Crippen LogP contribution is 2.21. The summed E-state index contributed by atoms with van der Waals surface area (Å²) in [6, 6.07) is 11.6. The monoisotopic (exact) mass is 436 g/mol. The highest BCUT2D eigenvalue weighted by atomic mass is 15.2. The minimum Gasteiger partial charge on any atom is -0.372 e. The third-order valence-corrected chi connectivity index (χ3v) is 6.88. The quantitative estimate of drug-likeness (QED) is 0.643. The summed E-state index contributed by atoms with van der Waals surface area (Å²) in [4.78, 5) is 16.8. The van der Waals surface area contributed by atoms with Gasteiger partial charge in [-0.15, -0.1) is 0 Å². The van der Waals surface area contributed by atoms with Crippen LogP contribution < -0.4 is 15.1 Å². The number of benzene rings is 1. The SMILES string of the molecule is CCN(CC)c1ccc(CN2CCCC(Nc3nccc(N4CCCCCC4)n3)C2)cc1. The Morgan fingerprint density at radius 2 is 1.69 bits per heavy atom. The molecule has 2 aliphatic rings. The number of nitrogens with one attached hydrogen (secondary N) is 1.